The van der Waals surface area contributed by atoms with E-state index in [1.54, 1.807) is 19.9 Å². The first-order valence-corrected chi connectivity index (χ1v) is 7.66. The van der Waals surface area contributed by atoms with Crippen molar-refractivity contribution < 1.29 is 14.3 Å². The van der Waals surface area contributed by atoms with Gasteiger partial charge in [-0.3, -0.25) is 14.6 Å². The van der Waals surface area contributed by atoms with Crippen LogP contribution in [0.4, 0.5) is 0 Å². The zero-order valence-corrected chi connectivity index (χ0v) is 13.6. The first-order chi connectivity index (χ1) is 10.9. The lowest BCUT2D eigenvalue weighted by molar-refractivity contribution is -0.148. The second-order valence-corrected chi connectivity index (χ2v) is 6.11. The van der Waals surface area contributed by atoms with Gasteiger partial charge in [-0.2, -0.15) is 0 Å². The molecule has 120 valence electrons. The van der Waals surface area contributed by atoms with Gasteiger partial charge in [0.1, 0.15) is 12.4 Å². The van der Waals surface area contributed by atoms with Gasteiger partial charge < -0.3 is 14.5 Å². The van der Waals surface area contributed by atoms with Crippen LogP contribution in [0.5, 0.6) is 11.6 Å². The molecule has 2 N–H and O–H groups in total. The highest BCUT2D eigenvalue weighted by Gasteiger charge is 2.21. The van der Waals surface area contributed by atoms with Gasteiger partial charge in [0.2, 0.25) is 5.88 Å². The van der Waals surface area contributed by atoms with Crippen molar-refractivity contribution >= 4 is 18.2 Å². The van der Waals surface area contributed by atoms with E-state index in [1.165, 1.54) is 0 Å². The molecule has 0 radical (unpaired) electrons. The second-order valence-electron chi connectivity index (χ2n) is 5.70. The first-order valence-electron chi connectivity index (χ1n) is 7.26. The number of fused-ring (bicyclic) bond motifs is 2. The van der Waals surface area contributed by atoms with Crippen LogP contribution < -0.4 is 10.3 Å². The number of carbonyl (C=O) groups excluding carboxylic acids is 1. The number of aromatic amines is 2. The molecule has 0 spiro atoms. The molecule has 0 saturated carbocycles. The van der Waals surface area contributed by atoms with Crippen LogP contribution in [-0.2, 0) is 22.6 Å². The molecule has 2 aromatic rings. The summed E-state index contributed by atoms with van der Waals surface area (Å²) in [6.45, 7) is 3.77. The molecule has 0 aliphatic carbocycles. The first kappa shape index (κ1) is 15.5. The molecule has 0 atom stereocenters. The van der Waals surface area contributed by atoms with Crippen LogP contribution in [0.2, 0.25) is 0 Å². The zero-order chi connectivity index (χ0) is 16.6. The van der Waals surface area contributed by atoms with Crippen LogP contribution in [0.3, 0.4) is 0 Å². The number of ether oxygens (including phenoxy) is 2. The third kappa shape index (κ3) is 3.19. The Balaban J connectivity index is 1.84. The van der Waals surface area contributed by atoms with Gasteiger partial charge in [0, 0.05) is 12.0 Å². The van der Waals surface area contributed by atoms with Gasteiger partial charge in [-0.15, -0.1) is 0 Å². The molecule has 2 heterocycles. The second kappa shape index (κ2) is 6.00. The molecule has 23 heavy (non-hydrogen) atoms. The highest BCUT2D eigenvalue weighted by Crippen LogP contribution is 2.33. The lowest BCUT2D eigenvalue weighted by Gasteiger charge is -2.19. The van der Waals surface area contributed by atoms with Gasteiger partial charge in [-0.1, -0.05) is 19.9 Å². The normalized spacial score (nSPS) is 12.3. The quantitative estimate of drug-likeness (QED) is 0.569. The van der Waals surface area contributed by atoms with Crippen molar-refractivity contribution in [1.82, 2.24) is 9.97 Å². The van der Waals surface area contributed by atoms with Crippen molar-refractivity contribution in [1.29, 1.82) is 0 Å². The maximum Gasteiger partial charge on any atom is 0.308 e. The van der Waals surface area contributed by atoms with E-state index in [0.29, 0.717) is 23.6 Å². The molecule has 1 aromatic carbocycles. The van der Waals surface area contributed by atoms with Crippen LogP contribution >= 0.6 is 12.2 Å². The van der Waals surface area contributed by atoms with E-state index in [4.69, 9.17) is 21.7 Å². The van der Waals surface area contributed by atoms with Crippen LogP contribution in [0, 0.1) is 10.7 Å². The topological polar surface area (TPSA) is 84.2 Å². The van der Waals surface area contributed by atoms with Crippen LogP contribution in [0.25, 0.3) is 0 Å². The lowest BCUT2D eigenvalue weighted by atomic mass is 10.0. The fourth-order valence-corrected chi connectivity index (χ4v) is 2.51. The number of benzene rings is 1. The van der Waals surface area contributed by atoms with Crippen molar-refractivity contribution in [2.24, 2.45) is 5.92 Å². The molecular weight excluding hydrogens is 316 g/mol. The van der Waals surface area contributed by atoms with Crippen molar-refractivity contribution in [2.45, 2.75) is 26.9 Å². The maximum atomic E-state index is 12.0. The summed E-state index contributed by atoms with van der Waals surface area (Å²) in [4.78, 5) is 28.9. The average Bonchev–Trinajstić information content (AvgIpc) is 2.50. The Labute approximate surface area is 137 Å². The summed E-state index contributed by atoms with van der Waals surface area (Å²) in [7, 11) is 0. The van der Waals surface area contributed by atoms with Crippen molar-refractivity contribution in [3.63, 3.8) is 0 Å². The average molecular weight is 332 g/mol. The number of rotatable bonds is 3. The van der Waals surface area contributed by atoms with Gasteiger partial charge >= 0.3 is 5.97 Å². The van der Waals surface area contributed by atoms with E-state index in [0.717, 1.165) is 11.1 Å². The molecule has 0 unspecified atom stereocenters. The van der Waals surface area contributed by atoms with Gasteiger partial charge in [0.15, 0.2) is 4.77 Å². The SMILES string of the molecule is CC(C)C(=O)OCc1ccc2c(c1)Cc1c([nH]c(=S)[nH]c1=O)O2. The third-order valence-corrected chi connectivity index (χ3v) is 3.76. The summed E-state index contributed by atoms with van der Waals surface area (Å²) < 4.78 is 11.2. The molecule has 0 bridgehead atoms. The number of carbonyl (C=O) groups is 1. The lowest BCUT2D eigenvalue weighted by Crippen LogP contribution is -2.19. The Bertz CT molecular complexity index is 882. The molecule has 0 amide bonds. The molecule has 0 saturated heterocycles. The Kier molecular flexibility index (Phi) is 4.04. The van der Waals surface area contributed by atoms with E-state index in [9.17, 15) is 9.59 Å². The van der Waals surface area contributed by atoms with Gasteiger partial charge in [0.05, 0.1) is 11.5 Å². The number of hydrogen-bond acceptors (Lipinski definition) is 5. The summed E-state index contributed by atoms with van der Waals surface area (Å²) in [6.07, 6.45) is 0.429. The van der Waals surface area contributed by atoms with Crippen molar-refractivity contribution in [2.75, 3.05) is 0 Å². The number of hydrogen-bond donors (Lipinski definition) is 2. The Morgan fingerprint density at radius 3 is 2.91 bits per heavy atom. The minimum Gasteiger partial charge on any atom is -0.461 e. The van der Waals surface area contributed by atoms with Crippen LogP contribution in [0.1, 0.15) is 30.5 Å². The fraction of sp³-hybridized carbons (Fsp3) is 0.312. The van der Waals surface area contributed by atoms with Crippen LogP contribution in [-0.4, -0.2) is 15.9 Å². The van der Waals surface area contributed by atoms with E-state index in [1.807, 2.05) is 12.1 Å². The molecule has 3 rings (SSSR count). The maximum absolute atomic E-state index is 12.0. The predicted molar refractivity (Wildman–Crippen MR) is 86.2 cm³/mol. The van der Waals surface area contributed by atoms with Gasteiger partial charge in [-0.05, 0) is 29.9 Å². The monoisotopic (exact) mass is 332 g/mol. The highest BCUT2D eigenvalue weighted by atomic mass is 32.1. The zero-order valence-electron chi connectivity index (χ0n) is 12.8. The summed E-state index contributed by atoms with van der Waals surface area (Å²) in [5, 5.41) is 0. The number of nitrogens with one attached hydrogen (secondary N) is 2. The minimum atomic E-state index is -0.258. The van der Waals surface area contributed by atoms with Gasteiger partial charge in [-0.25, -0.2) is 0 Å². The van der Waals surface area contributed by atoms with E-state index in [-0.39, 0.29) is 28.8 Å². The van der Waals surface area contributed by atoms with Crippen LogP contribution in [0.15, 0.2) is 23.0 Å². The minimum absolute atomic E-state index is 0.162. The van der Waals surface area contributed by atoms with E-state index >= 15 is 0 Å². The summed E-state index contributed by atoms with van der Waals surface area (Å²) in [5.74, 6) is 0.635. The molecule has 0 fully saturated rings. The Morgan fingerprint density at radius 2 is 2.17 bits per heavy atom. The highest BCUT2D eigenvalue weighted by molar-refractivity contribution is 7.71. The van der Waals surface area contributed by atoms with Gasteiger partial charge in [0.25, 0.3) is 5.56 Å². The smallest absolute Gasteiger partial charge is 0.308 e. The molecule has 6 nitrogen and oxygen atoms in total. The number of aromatic nitrogens is 2. The summed E-state index contributed by atoms with van der Waals surface area (Å²) >= 11 is 4.94. The molecular formula is C16H16N2O4S. The summed E-state index contributed by atoms with van der Waals surface area (Å²) in [6, 6.07) is 5.51. The summed E-state index contributed by atoms with van der Waals surface area (Å²) in [5.41, 5.74) is 1.96. The molecule has 1 aliphatic rings. The predicted octanol–water partition coefficient (Wildman–Crippen LogP) is 2.83. The Hall–Kier alpha value is -2.41. The molecule has 1 aromatic heterocycles. The van der Waals surface area contributed by atoms with Crippen molar-refractivity contribution in [3.8, 4) is 11.6 Å². The number of esters is 1. The Morgan fingerprint density at radius 1 is 1.39 bits per heavy atom. The molecule has 1 aliphatic heterocycles. The fourth-order valence-electron chi connectivity index (χ4n) is 2.32. The molecule has 7 heteroatoms. The van der Waals surface area contributed by atoms with E-state index in [2.05, 4.69) is 9.97 Å². The van der Waals surface area contributed by atoms with E-state index < -0.39 is 0 Å². The van der Waals surface area contributed by atoms with Crippen molar-refractivity contribution in [3.05, 3.63) is 50.0 Å². The standard InChI is InChI=1S/C16H16N2O4S/c1-8(2)15(20)21-7-9-3-4-12-10(5-9)6-11-13(19)17-16(23)18-14(11)22-12/h3-5,8H,6-7H2,1-2H3,(H2,17,18,19,23). The third-order valence-electron chi connectivity index (χ3n) is 3.56. The number of H-pyrrole nitrogens is 2. The largest absolute Gasteiger partial charge is 0.461 e.